The molecule has 8 heteroatoms. The fraction of sp³-hybridized carbons (Fsp3) is 0.200. The van der Waals surface area contributed by atoms with Crippen LogP contribution in [-0.2, 0) is 0 Å². The number of hydrogen-bond donors (Lipinski definition) is 0. The molecule has 6 nitrogen and oxygen atoms in total. The fourth-order valence-corrected chi connectivity index (χ4v) is 19.3. The summed E-state index contributed by atoms with van der Waals surface area (Å²) in [5.41, 5.74) is 0. The molecule has 0 fully saturated rings. The van der Waals surface area contributed by atoms with Gasteiger partial charge in [-0.2, -0.15) is 0 Å². The Kier molecular flexibility index (Phi) is 12.2. The molecule has 0 bridgehead atoms. The van der Waals surface area contributed by atoms with Gasteiger partial charge in [0.05, 0.1) is 0 Å². The number of para-hydroxylation sites is 6. The SMILES string of the molecule is COc1ccccc1[PH](CCC[PH](c1ccccc1OC)(c1ccccc1OC)c1ccccc1OC)(c1ccccc1OC)c1ccccc1OC. The molecule has 53 heavy (non-hydrogen) atoms. The van der Waals surface area contributed by atoms with Gasteiger partial charge in [0.15, 0.2) is 0 Å². The zero-order valence-corrected chi connectivity index (χ0v) is 33.4. The molecular formula is C45H50O6P2. The van der Waals surface area contributed by atoms with Crippen molar-refractivity contribution in [2.45, 2.75) is 6.42 Å². The van der Waals surface area contributed by atoms with Gasteiger partial charge in [0.2, 0.25) is 0 Å². The van der Waals surface area contributed by atoms with E-state index in [1.165, 1.54) is 0 Å². The van der Waals surface area contributed by atoms with Gasteiger partial charge in [0.25, 0.3) is 0 Å². The number of methoxy groups -OCH3 is 6. The van der Waals surface area contributed by atoms with Crippen molar-refractivity contribution in [1.82, 2.24) is 0 Å². The van der Waals surface area contributed by atoms with Gasteiger partial charge < -0.3 is 0 Å². The quantitative estimate of drug-likeness (QED) is 0.101. The van der Waals surface area contributed by atoms with E-state index in [1.807, 2.05) is 36.4 Å². The molecule has 276 valence electrons. The van der Waals surface area contributed by atoms with Crippen LogP contribution in [0.3, 0.4) is 0 Å². The van der Waals surface area contributed by atoms with Crippen molar-refractivity contribution < 1.29 is 28.4 Å². The molecule has 0 spiro atoms. The number of hydrogen-bond acceptors (Lipinski definition) is 6. The van der Waals surface area contributed by atoms with E-state index in [-0.39, 0.29) is 0 Å². The van der Waals surface area contributed by atoms with Crippen molar-refractivity contribution in [1.29, 1.82) is 0 Å². The Morgan fingerprint density at radius 3 is 0.623 bits per heavy atom. The molecule has 0 saturated heterocycles. The molecule has 0 radical (unpaired) electrons. The fourth-order valence-electron chi connectivity index (χ4n) is 8.28. The molecule has 0 aromatic heterocycles. The Morgan fingerprint density at radius 2 is 0.453 bits per heavy atom. The second kappa shape index (κ2) is 17.2. The van der Waals surface area contributed by atoms with Gasteiger partial charge in [-0.1, -0.05) is 0 Å². The molecule has 0 aliphatic carbocycles. The van der Waals surface area contributed by atoms with Gasteiger partial charge in [-0.25, -0.2) is 0 Å². The first kappa shape index (κ1) is 37.7. The van der Waals surface area contributed by atoms with Gasteiger partial charge in [0.1, 0.15) is 0 Å². The molecule has 0 aliphatic rings. The van der Waals surface area contributed by atoms with Crippen LogP contribution in [0.4, 0.5) is 0 Å². The Balaban J connectivity index is 1.68. The minimum atomic E-state index is -3.04. The van der Waals surface area contributed by atoms with Crippen LogP contribution in [0, 0.1) is 0 Å². The third kappa shape index (κ3) is 6.95. The van der Waals surface area contributed by atoms with Crippen molar-refractivity contribution in [3.8, 4) is 34.5 Å². The Bertz CT molecular complexity index is 1750. The third-order valence-electron chi connectivity index (χ3n) is 10.5. The summed E-state index contributed by atoms with van der Waals surface area (Å²) in [6, 6.07) is 50.7. The van der Waals surface area contributed by atoms with Crippen molar-refractivity contribution >= 4 is 46.4 Å². The van der Waals surface area contributed by atoms with Crippen molar-refractivity contribution in [3.05, 3.63) is 146 Å². The van der Waals surface area contributed by atoms with Gasteiger partial charge in [0, 0.05) is 0 Å². The molecule has 0 aliphatic heterocycles. The summed E-state index contributed by atoms with van der Waals surface area (Å²) in [5, 5.41) is 6.98. The Labute approximate surface area is 315 Å². The second-order valence-electron chi connectivity index (χ2n) is 12.9. The third-order valence-corrected chi connectivity index (χ3v) is 20.7. The van der Waals surface area contributed by atoms with Crippen LogP contribution < -0.4 is 60.2 Å². The first-order valence-electron chi connectivity index (χ1n) is 17.8. The summed E-state index contributed by atoms with van der Waals surface area (Å²) in [5.74, 6) is 5.08. The topological polar surface area (TPSA) is 55.4 Å². The predicted octanol–water partition coefficient (Wildman–Crippen LogP) is 6.88. The van der Waals surface area contributed by atoms with Crippen LogP contribution in [0.1, 0.15) is 6.42 Å². The zero-order chi connectivity index (χ0) is 37.3. The summed E-state index contributed by atoms with van der Waals surface area (Å²) in [6.45, 7) is 0. The van der Waals surface area contributed by atoms with Crippen molar-refractivity contribution in [3.63, 3.8) is 0 Å². The van der Waals surface area contributed by atoms with E-state index in [4.69, 9.17) is 28.4 Å². The summed E-state index contributed by atoms with van der Waals surface area (Å²) < 4.78 is 37.2. The van der Waals surface area contributed by atoms with Gasteiger partial charge in [-0.15, -0.1) is 0 Å². The van der Waals surface area contributed by atoms with Crippen LogP contribution in [-0.4, -0.2) is 55.0 Å². The number of benzene rings is 6. The minimum absolute atomic E-state index is 0.822. The average Bonchev–Trinajstić information content (AvgIpc) is 3.24. The van der Waals surface area contributed by atoms with Crippen LogP contribution in [0.2, 0.25) is 0 Å². The van der Waals surface area contributed by atoms with E-state index >= 15 is 0 Å². The van der Waals surface area contributed by atoms with Gasteiger partial charge in [-0.3, -0.25) is 0 Å². The van der Waals surface area contributed by atoms with E-state index in [1.54, 1.807) is 42.7 Å². The molecule has 0 saturated carbocycles. The molecule has 6 aromatic rings. The second-order valence-corrected chi connectivity index (χ2v) is 20.7. The van der Waals surface area contributed by atoms with E-state index in [0.717, 1.165) is 85.1 Å². The molecule has 6 aromatic carbocycles. The van der Waals surface area contributed by atoms with Gasteiger partial charge >= 0.3 is 316 Å². The molecule has 0 N–H and O–H groups in total. The maximum absolute atomic E-state index is 6.20. The zero-order valence-electron chi connectivity index (χ0n) is 31.4. The van der Waals surface area contributed by atoms with Crippen molar-refractivity contribution in [2.75, 3.05) is 55.0 Å². The first-order valence-corrected chi connectivity index (χ1v) is 22.3. The number of ether oxygens (including phenoxy) is 6. The van der Waals surface area contributed by atoms with Crippen molar-refractivity contribution in [2.24, 2.45) is 0 Å². The normalized spacial score (nSPS) is 12.0. The van der Waals surface area contributed by atoms with Crippen LogP contribution in [0.5, 0.6) is 34.5 Å². The maximum atomic E-state index is 6.20. The molecule has 6 rings (SSSR count). The molecule has 0 heterocycles. The van der Waals surface area contributed by atoms with Crippen LogP contribution in [0.25, 0.3) is 0 Å². The summed E-state index contributed by atoms with van der Waals surface area (Å²) in [4.78, 5) is 0. The summed E-state index contributed by atoms with van der Waals surface area (Å²) in [6.07, 6.45) is 2.48. The predicted molar refractivity (Wildman–Crippen MR) is 227 cm³/mol. The Morgan fingerprint density at radius 1 is 0.283 bits per heavy atom. The summed E-state index contributed by atoms with van der Waals surface area (Å²) in [7, 11) is 4.46. The number of rotatable bonds is 16. The molecular weight excluding hydrogens is 698 g/mol. The molecule has 0 atom stereocenters. The van der Waals surface area contributed by atoms with Gasteiger partial charge in [-0.05, 0) is 0 Å². The standard InChI is InChI=1S/C45H50O6P2/c1-46-34-20-7-13-26-40(34)52(41-27-14-8-21-35(41)47-2,42-28-15-9-22-36(42)48-3)32-19-33-53(43-29-16-10-23-37(43)49-4,44-30-17-11-24-38(44)50-5)45-31-18-12-25-39(45)51-6/h7-18,20-31,52-53H,19,32-33H2,1-6H3. The van der Waals surface area contributed by atoms with E-state index < -0.39 is 14.5 Å². The van der Waals surface area contributed by atoms with Crippen LogP contribution >= 0.6 is 14.5 Å². The Hall–Kier alpha value is -5.02. The van der Waals surface area contributed by atoms with Crippen LogP contribution in [0.15, 0.2) is 146 Å². The van der Waals surface area contributed by atoms with E-state index in [0.29, 0.717) is 0 Å². The first-order chi connectivity index (χ1) is 26.0. The summed E-state index contributed by atoms with van der Waals surface area (Å²) >= 11 is 0. The van der Waals surface area contributed by atoms with E-state index in [2.05, 4.69) is 109 Å². The molecule has 0 amide bonds. The van der Waals surface area contributed by atoms with E-state index in [9.17, 15) is 0 Å². The molecule has 0 unspecified atom stereocenters. The monoisotopic (exact) mass is 748 g/mol. The average molecular weight is 749 g/mol.